The first-order valence-electron chi connectivity index (χ1n) is 8.39. The topological polar surface area (TPSA) is 151 Å². The van der Waals surface area contributed by atoms with Crippen LogP contribution in [0.5, 0.6) is 0 Å². The molecule has 1 aromatic carbocycles. The van der Waals surface area contributed by atoms with Gasteiger partial charge in [0.05, 0.1) is 11.3 Å². The molecule has 0 unspecified atom stereocenters. The number of sulfone groups is 1. The van der Waals surface area contributed by atoms with Crippen LogP contribution in [-0.4, -0.2) is 62.8 Å². The Morgan fingerprint density at radius 3 is 2.79 bits per heavy atom. The molecule has 2 aliphatic rings. The molecule has 28 heavy (non-hydrogen) atoms. The lowest BCUT2D eigenvalue weighted by atomic mass is 10.1. The molecule has 4 N–H and O–H groups in total. The smallest absolute Gasteiger partial charge is 0.352 e. The number of nitrogens with zero attached hydrogens (tertiary/aromatic N) is 4. The maximum Gasteiger partial charge on any atom is 0.352 e. The number of hydrogen-bond donors (Lipinski definition) is 3. The fourth-order valence-electron chi connectivity index (χ4n) is 3.49. The van der Waals surface area contributed by atoms with E-state index in [2.05, 4.69) is 20.4 Å². The van der Waals surface area contributed by atoms with Gasteiger partial charge in [0.25, 0.3) is 5.84 Å². The average Bonchev–Trinajstić information content (AvgIpc) is 3.16. The predicted molar refractivity (Wildman–Crippen MR) is 100 cm³/mol. The molecular weight excluding hydrogens is 384 g/mol. The first-order chi connectivity index (χ1) is 13.4. The Morgan fingerprint density at radius 1 is 1.36 bits per heavy atom. The summed E-state index contributed by atoms with van der Waals surface area (Å²) >= 11 is 0. The van der Waals surface area contributed by atoms with E-state index in [0.717, 1.165) is 0 Å². The second-order valence-corrected chi connectivity index (χ2v) is 8.77. The van der Waals surface area contributed by atoms with Crippen molar-refractivity contribution in [1.29, 1.82) is 0 Å². The van der Waals surface area contributed by atoms with E-state index in [1.54, 1.807) is 22.8 Å². The first kappa shape index (κ1) is 18.2. The van der Waals surface area contributed by atoms with Gasteiger partial charge in [-0.25, -0.2) is 33.6 Å². The molecule has 1 fully saturated rings. The lowest BCUT2D eigenvalue weighted by Gasteiger charge is -2.03. The summed E-state index contributed by atoms with van der Waals surface area (Å²) in [6.45, 7) is 0. The number of nitrogens with one attached hydrogen (secondary N) is 1. The second-order valence-electron chi connectivity index (χ2n) is 6.59. The van der Waals surface area contributed by atoms with Gasteiger partial charge >= 0.3 is 11.8 Å². The highest BCUT2D eigenvalue weighted by Crippen LogP contribution is 2.44. The Kier molecular flexibility index (Phi) is 4.20. The van der Waals surface area contributed by atoms with Gasteiger partial charge in [0, 0.05) is 12.6 Å². The summed E-state index contributed by atoms with van der Waals surface area (Å²) in [7, 11) is -3.22. The van der Waals surface area contributed by atoms with E-state index in [1.165, 1.54) is 24.7 Å². The lowest BCUT2D eigenvalue weighted by molar-refractivity contribution is -0.412. The lowest BCUT2D eigenvalue weighted by Crippen LogP contribution is -2.33. The second kappa shape index (κ2) is 6.46. The van der Waals surface area contributed by atoms with Crippen LogP contribution in [0.2, 0.25) is 0 Å². The van der Waals surface area contributed by atoms with E-state index in [9.17, 15) is 18.3 Å². The Bertz CT molecular complexity index is 1130. The van der Waals surface area contributed by atoms with E-state index in [0.29, 0.717) is 23.6 Å². The van der Waals surface area contributed by atoms with Crippen LogP contribution in [0.4, 0.5) is 5.69 Å². The van der Waals surface area contributed by atoms with Gasteiger partial charge in [0.2, 0.25) is 5.54 Å². The number of aromatic carboxylic acids is 1. The van der Waals surface area contributed by atoms with Crippen molar-refractivity contribution < 1.29 is 22.9 Å². The summed E-state index contributed by atoms with van der Waals surface area (Å²) in [5, 5.41) is 9.26. The molecule has 144 valence electrons. The average molecular weight is 401 g/mol. The molecule has 1 aromatic heterocycles. The molecule has 10 nitrogen and oxygen atoms in total. The molecule has 2 aliphatic heterocycles. The molecule has 1 atom stereocenters. The Morgan fingerprint density at radius 2 is 2.18 bits per heavy atom. The van der Waals surface area contributed by atoms with Gasteiger partial charge < -0.3 is 5.11 Å². The SMILES string of the molecule is NNC(=NC1=[N+](c2cccc(C(=O)O)c2)[C@]12CCS(=O)(=O)C2)c1ccncn1. The van der Waals surface area contributed by atoms with Crippen LogP contribution in [0.1, 0.15) is 22.5 Å². The highest BCUT2D eigenvalue weighted by atomic mass is 32.2. The number of hydrazine groups is 1. The van der Waals surface area contributed by atoms with E-state index in [1.807, 2.05) is 0 Å². The van der Waals surface area contributed by atoms with Crippen LogP contribution >= 0.6 is 0 Å². The minimum atomic E-state index is -3.22. The third-order valence-electron chi connectivity index (χ3n) is 4.82. The van der Waals surface area contributed by atoms with Gasteiger partial charge in [-0.15, -0.1) is 0 Å². The minimum absolute atomic E-state index is 0.0417. The van der Waals surface area contributed by atoms with Crippen LogP contribution in [0.15, 0.2) is 47.8 Å². The molecule has 3 heterocycles. The molecule has 11 heteroatoms. The number of amidine groups is 2. The quantitative estimate of drug-likeness (QED) is 0.208. The zero-order chi connectivity index (χ0) is 19.9. The van der Waals surface area contributed by atoms with Crippen molar-refractivity contribution in [2.24, 2.45) is 10.8 Å². The predicted octanol–water partition coefficient (Wildman–Crippen LogP) is -0.302. The van der Waals surface area contributed by atoms with Crippen LogP contribution in [0.25, 0.3) is 0 Å². The van der Waals surface area contributed by atoms with Crippen molar-refractivity contribution in [1.82, 2.24) is 15.4 Å². The highest BCUT2D eigenvalue weighted by molar-refractivity contribution is 7.91. The normalized spacial score (nSPS) is 23.1. The molecule has 2 aromatic rings. The summed E-state index contributed by atoms with van der Waals surface area (Å²) in [6, 6.07) is 7.93. The summed E-state index contributed by atoms with van der Waals surface area (Å²) in [6.07, 6.45) is 3.26. The number of carboxylic acid groups (broad SMARTS) is 1. The molecule has 0 amide bonds. The Hall–Kier alpha value is -3.18. The molecule has 0 bridgehead atoms. The maximum absolute atomic E-state index is 12.2. The van der Waals surface area contributed by atoms with Crippen molar-refractivity contribution >= 4 is 33.2 Å². The monoisotopic (exact) mass is 401 g/mol. The van der Waals surface area contributed by atoms with Gasteiger partial charge in [0.15, 0.2) is 9.84 Å². The Labute approximate surface area is 160 Å². The summed E-state index contributed by atoms with van der Waals surface area (Å²) in [5.41, 5.74) is 2.81. The zero-order valence-electron chi connectivity index (χ0n) is 14.6. The van der Waals surface area contributed by atoms with Gasteiger partial charge in [-0.1, -0.05) is 6.07 Å². The fraction of sp³-hybridized carbons (Fsp3) is 0.235. The van der Waals surface area contributed by atoms with Crippen molar-refractivity contribution in [2.75, 3.05) is 11.5 Å². The summed E-state index contributed by atoms with van der Waals surface area (Å²) < 4.78 is 26.1. The van der Waals surface area contributed by atoms with Crippen molar-refractivity contribution in [2.45, 2.75) is 12.0 Å². The zero-order valence-corrected chi connectivity index (χ0v) is 15.4. The molecule has 0 aliphatic carbocycles. The molecule has 1 spiro atoms. The molecule has 1 saturated heterocycles. The minimum Gasteiger partial charge on any atom is -0.478 e. The fourth-order valence-corrected chi connectivity index (χ4v) is 5.41. The third-order valence-corrected chi connectivity index (χ3v) is 6.57. The van der Waals surface area contributed by atoms with Crippen molar-refractivity contribution in [3.8, 4) is 0 Å². The molecule has 0 saturated carbocycles. The van der Waals surface area contributed by atoms with Gasteiger partial charge in [-0.05, 0) is 29.3 Å². The number of carboxylic acids is 1. The largest absolute Gasteiger partial charge is 0.478 e. The van der Waals surface area contributed by atoms with Crippen molar-refractivity contribution in [3.63, 3.8) is 0 Å². The number of aromatic nitrogens is 2. The van der Waals surface area contributed by atoms with Gasteiger partial charge in [-0.2, -0.15) is 0 Å². The number of rotatable bonds is 3. The number of carbonyl (C=O) groups is 1. The Balaban J connectivity index is 1.82. The van der Waals surface area contributed by atoms with E-state index < -0.39 is 21.3 Å². The number of hydrogen-bond acceptors (Lipinski definition) is 7. The van der Waals surface area contributed by atoms with E-state index >= 15 is 0 Å². The number of nitrogens with two attached hydrogens (primary N) is 1. The maximum atomic E-state index is 12.2. The summed E-state index contributed by atoms with van der Waals surface area (Å²) in [4.78, 5) is 23.8. The molecular formula is C17H17N6O4S+. The number of benzene rings is 1. The molecule has 0 radical (unpaired) electrons. The van der Waals surface area contributed by atoms with Gasteiger partial charge in [-0.3, -0.25) is 5.43 Å². The van der Waals surface area contributed by atoms with Crippen LogP contribution in [-0.2, 0) is 9.84 Å². The molecule has 4 rings (SSSR count). The van der Waals surface area contributed by atoms with Crippen LogP contribution in [0.3, 0.4) is 0 Å². The van der Waals surface area contributed by atoms with Crippen LogP contribution in [0, 0.1) is 0 Å². The first-order valence-corrected chi connectivity index (χ1v) is 10.2. The van der Waals surface area contributed by atoms with E-state index in [-0.39, 0.29) is 22.9 Å². The standard InChI is InChI=1S/C17H16N6O4S/c18-22-14(13-4-6-19-10-20-13)21-16-17(5-7-28(26,27)9-17)23(16)12-3-1-2-11(8-12)15(24)25/h1-4,6,8,10H,5,7,9H2,(H3,18,19,20,24,25)/p+1/t17-,23?/m0/s1. The van der Waals surface area contributed by atoms with E-state index in [4.69, 9.17) is 5.84 Å². The van der Waals surface area contributed by atoms with Crippen molar-refractivity contribution in [3.05, 3.63) is 54.1 Å². The van der Waals surface area contributed by atoms with Gasteiger partial charge in [0.1, 0.15) is 23.5 Å². The third kappa shape index (κ3) is 3.04. The van der Waals surface area contributed by atoms with Crippen LogP contribution < -0.4 is 11.3 Å². The summed E-state index contributed by atoms with van der Waals surface area (Å²) in [5.74, 6) is 5.26. The number of aliphatic imine (C=N–C) groups is 1. The highest BCUT2D eigenvalue weighted by Gasteiger charge is 2.69.